The molecule has 4 aliphatic rings. The second kappa shape index (κ2) is 19.3. The van der Waals surface area contributed by atoms with E-state index in [0.29, 0.717) is 0 Å². The van der Waals surface area contributed by atoms with Crippen LogP contribution in [-0.4, -0.2) is 31.8 Å². The minimum absolute atomic E-state index is 0.183. The molecule has 472 valence electrons. The molecule has 0 atom stereocenters. The third kappa shape index (κ3) is 6.94. The molecular weight excluding hydrogens is 1210 g/mol. The Balaban J connectivity index is 0.902. The highest BCUT2D eigenvalue weighted by molar-refractivity contribution is 6.92. The maximum absolute atomic E-state index is 2.87. The molecule has 0 N–H and O–H groups in total. The van der Waals surface area contributed by atoms with Gasteiger partial charge in [0.2, 0.25) is 0 Å². The van der Waals surface area contributed by atoms with Gasteiger partial charge in [-0.05, 0) is 263 Å². The van der Waals surface area contributed by atoms with Crippen molar-refractivity contribution in [3.63, 3.8) is 0 Å². The number of rotatable bonds is 4. The predicted molar refractivity (Wildman–Crippen MR) is 429 cm³/mol. The number of hydrogen-bond acceptors (Lipinski definition) is 0. The van der Waals surface area contributed by atoms with Crippen molar-refractivity contribution in [3.8, 4) is 78.1 Å². The van der Waals surface area contributed by atoms with Crippen LogP contribution in [0.4, 0.5) is 0 Å². The number of aryl methyl sites for hydroxylation is 12. The summed E-state index contributed by atoms with van der Waals surface area (Å²) in [5.74, 6) is 0. The molecule has 0 aliphatic carbocycles. The lowest BCUT2D eigenvalue weighted by molar-refractivity contribution is 1.18. The molecular formula is C94H70B2N4. The fourth-order valence-electron chi connectivity index (χ4n) is 21.4. The zero-order chi connectivity index (χ0) is 67.2. The molecule has 22 rings (SSSR count). The Morgan fingerprint density at radius 3 is 0.900 bits per heavy atom. The number of para-hydroxylation sites is 2. The zero-order valence-corrected chi connectivity index (χ0v) is 58.6. The average Bonchev–Trinajstić information content (AvgIpc) is 1.46. The summed E-state index contributed by atoms with van der Waals surface area (Å²) >= 11 is 0. The Labute approximate surface area is 582 Å². The first kappa shape index (κ1) is 56.7. The lowest BCUT2D eigenvalue weighted by atomic mass is 9.45. The summed E-state index contributed by atoms with van der Waals surface area (Å²) < 4.78 is 11.2. The first-order chi connectivity index (χ1) is 48.6. The maximum atomic E-state index is 2.87. The van der Waals surface area contributed by atoms with Crippen molar-refractivity contribution in [1.82, 2.24) is 18.1 Å². The number of nitrogens with zero attached hydrogens (tertiary/aromatic N) is 4. The molecule has 0 unspecified atom stereocenters. The highest BCUT2D eigenvalue weighted by atomic mass is 15.1. The SMILES string of the molecule is Cc1cc(C)c(-c2ccc3c(c2)-n2c4ccc(-c5c(C)cc(C)cc5C)cc4c4c5ccccc5c5c(c42)B3n2c3c-5cccc3c3c2c2cccc4c2n3B2c3ccc(-c5c(C)cc(C)cc5C)cc3-n3c5ccc(-c6c(C)cc(C)cc6C)cc5c5c6ccccc6c-4c2c53)c(C)c1. The monoisotopic (exact) mass is 1280 g/mol. The van der Waals surface area contributed by atoms with E-state index in [-0.39, 0.29) is 13.7 Å². The van der Waals surface area contributed by atoms with E-state index < -0.39 is 0 Å². The van der Waals surface area contributed by atoms with Gasteiger partial charge in [-0.2, -0.15) is 0 Å². The van der Waals surface area contributed by atoms with Gasteiger partial charge in [-0.3, -0.25) is 0 Å². The van der Waals surface area contributed by atoms with Gasteiger partial charge in [0.25, 0.3) is 0 Å². The van der Waals surface area contributed by atoms with Crippen molar-refractivity contribution in [2.45, 2.75) is 83.1 Å². The molecule has 0 fully saturated rings. The largest absolute Gasteiger partial charge is 0.374 e. The molecule has 18 aromatic rings. The Kier molecular flexibility index (Phi) is 10.9. The molecule has 0 amide bonds. The third-order valence-corrected chi connectivity index (χ3v) is 24.3. The molecule has 4 nitrogen and oxygen atoms in total. The summed E-state index contributed by atoms with van der Waals surface area (Å²) in [6.07, 6.45) is 0. The van der Waals surface area contributed by atoms with Crippen molar-refractivity contribution < 1.29 is 0 Å². The second-order valence-electron chi connectivity index (χ2n) is 30.5. The van der Waals surface area contributed by atoms with E-state index in [4.69, 9.17) is 0 Å². The summed E-state index contributed by atoms with van der Waals surface area (Å²) in [7, 11) is 0. The molecule has 100 heavy (non-hydrogen) atoms. The molecule has 4 aliphatic heterocycles. The van der Waals surface area contributed by atoms with Crippen LogP contribution in [0.2, 0.25) is 0 Å². The van der Waals surface area contributed by atoms with Crippen molar-refractivity contribution in [1.29, 1.82) is 0 Å². The number of benzene rings is 14. The lowest BCUT2D eigenvalue weighted by Gasteiger charge is -2.35. The van der Waals surface area contributed by atoms with Crippen LogP contribution in [0, 0.1) is 83.1 Å². The quantitative estimate of drug-likeness (QED) is 0.157. The van der Waals surface area contributed by atoms with Gasteiger partial charge in [-0.1, -0.05) is 192 Å². The van der Waals surface area contributed by atoms with E-state index >= 15 is 0 Å². The normalized spacial score (nSPS) is 13.2. The van der Waals surface area contributed by atoms with E-state index in [9.17, 15) is 0 Å². The Morgan fingerprint density at radius 1 is 0.240 bits per heavy atom. The summed E-state index contributed by atoms with van der Waals surface area (Å²) in [4.78, 5) is 0. The smallest absolute Gasteiger partial charge is 0.333 e. The Morgan fingerprint density at radius 2 is 0.550 bits per heavy atom. The van der Waals surface area contributed by atoms with Gasteiger partial charge in [-0.25, -0.2) is 0 Å². The molecule has 8 heterocycles. The number of aromatic nitrogens is 4. The van der Waals surface area contributed by atoms with Gasteiger partial charge in [0.05, 0.1) is 33.1 Å². The molecule has 6 heteroatoms. The average molecular weight is 1280 g/mol. The first-order valence-corrected chi connectivity index (χ1v) is 35.9. The minimum Gasteiger partial charge on any atom is -0.374 e. The Hall–Kier alpha value is -11.3. The van der Waals surface area contributed by atoms with E-state index in [1.165, 1.54) is 265 Å². The van der Waals surface area contributed by atoms with Gasteiger partial charge in [0.15, 0.2) is 0 Å². The van der Waals surface area contributed by atoms with Gasteiger partial charge < -0.3 is 18.1 Å². The van der Waals surface area contributed by atoms with Crippen molar-refractivity contribution in [2.24, 2.45) is 0 Å². The van der Waals surface area contributed by atoms with Crippen LogP contribution in [0.1, 0.15) is 66.8 Å². The highest BCUT2D eigenvalue weighted by Gasteiger charge is 2.48. The van der Waals surface area contributed by atoms with Crippen molar-refractivity contribution >= 4 is 134 Å². The standard InChI is InChI=1S/C94H70B2N4/c1-47-35-51(5)79(52(6)36-47)59-29-33-75-71(43-59)85-65-21-15-13-19-63(65)83-67-23-17-25-69-89(67)99(95-73-31-27-61(45-77(73)97(75)93(85)87(83)95)81-55(9)39-49(3)40-56(81)10)91-70-26-18-24-68-84-64-20-14-16-22-66(64)86-72-44-60(80-53(7)37-48(2)38-54(80)8)30-34-76(72)98-78-46-62(82-57(11)41-50(4)42-58(82)12)28-32-74(78)96(88(84)94(86)98)100(90(68)70)92(69)91/h13-46H,1-12H3. The van der Waals surface area contributed by atoms with Crippen LogP contribution in [0.3, 0.4) is 0 Å². The maximum Gasteiger partial charge on any atom is 0.333 e. The van der Waals surface area contributed by atoms with E-state index in [1.807, 2.05) is 0 Å². The molecule has 0 radical (unpaired) electrons. The first-order valence-electron chi connectivity index (χ1n) is 35.9. The summed E-state index contributed by atoms with van der Waals surface area (Å²) in [6.45, 7) is 26.9. The zero-order valence-electron chi connectivity index (χ0n) is 58.6. The summed E-state index contributed by atoms with van der Waals surface area (Å²) in [5.41, 5.74) is 49.4. The van der Waals surface area contributed by atoms with E-state index in [0.717, 1.165) is 0 Å². The van der Waals surface area contributed by atoms with Crippen LogP contribution in [0.5, 0.6) is 0 Å². The number of fused-ring (bicyclic) bond motifs is 27. The molecule has 0 saturated carbocycles. The van der Waals surface area contributed by atoms with E-state index in [1.54, 1.807) is 0 Å². The van der Waals surface area contributed by atoms with Crippen LogP contribution in [0.25, 0.3) is 176 Å². The van der Waals surface area contributed by atoms with Gasteiger partial charge in [0, 0.05) is 65.9 Å². The van der Waals surface area contributed by atoms with Crippen molar-refractivity contribution in [3.05, 3.63) is 273 Å². The minimum atomic E-state index is -0.183. The fraction of sp³-hybridized carbons (Fsp3) is 0.128. The van der Waals surface area contributed by atoms with Crippen LogP contribution < -0.4 is 21.9 Å². The topological polar surface area (TPSA) is 19.7 Å². The van der Waals surface area contributed by atoms with Crippen LogP contribution in [-0.2, 0) is 0 Å². The predicted octanol–water partition coefficient (Wildman–Crippen LogP) is 21.5. The van der Waals surface area contributed by atoms with Crippen LogP contribution >= 0.6 is 0 Å². The van der Waals surface area contributed by atoms with Gasteiger partial charge in [-0.15, -0.1) is 0 Å². The third-order valence-electron chi connectivity index (χ3n) is 24.3. The van der Waals surface area contributed by atoms with Crippen LogP contribution in [0.15, 0.2) is 206 Å². The number of hydrogen-bond donors (Lipinski definition) is 0. The summed E-state index contributed by atoms with van der Waals surface area (Å²) in [6, 6.07) is 82.2. The highest BCUT2D eigenvalue weighted by Crippen LogP contribution is 2.54. The lowest BCUT2D eigenvalue weighted by Crippen LogP contribution is -2.55. The van der Waals surface area contributed by atoms with Gasteiger partial charge >= 0.3 is 13.7 Å². The fourth-order valence-corrected chi connectivity index (χ4v) is 21.4. The molecule has 14 aromatic carbocycles. The summed E-state index contributed by atoms with van der Waals surface area (Å²) in [5, 5.41) is 13.0. The molecule has 4 aromatic heterocycles. The molecule has 0 spiro atoms. The molecule has 0 bridgehead atoms. The van der Waals surface area contributed by atoms with Gasteiger partial charge in [0.1, 0.15) is 0 Å². The molecule has 0 saturated heterocycles. The second-order valence-corrected chi connectivity index (χ2v) is 30.5. The van der Waals surface area contributed by atoms with E-state index in [2.05, 4.69) is 307 Å². The van der Waals surface area contributed by atoms with Crippen molar-refractivity contribution in [2.75, 3.05) is 0 Å². The Bertz CT molecular complexity index is 6480.